The van der Waals surface area contributed by atoms with Crippen molar-refractivity contribution in [3.8, 4) is 5.75 Å². The Hall–Kier alpha value is -4.41. The minimum absolute atomic E-state index is 0.000880. The Balaban J connectivity index is 1.36. The van der Waals surface area contributed by atoms with Crippen molar-refractivity contribution in [1.29, 1.82) is 0 Å². The number of likely N-dealkylation sites (N-methyl/N-ethyl adjacent to an activating group) is 1. The molecule has 3 atom stereocenters. The number of rotatable bonds is 14. The molecular weight excluding hydrogens is 594 g/mol. The fourth-order valence-corrected chi connectivity index (χ4v) is 5.79. The smallest absolute Gasteiger partial charge is 0.227 e. The van der Waals surface area contributed by atoms with Crippen LogP contribution >= 0.6 is 0 Å². The molecule has 0 unspecified atom stereocenters. The van der Waals surface area contributed by atoms with E-state index in [2.05, 4.69) is 41.6 Å². The third-order valence-electron chi connectivity index (χ3n) is 8.53. The van der Waals surface area contributed by atoms with E-state index in [0.717, 1.165) is 13.0 Å². The molecule has 252 valence electrons. The van der Waals surface area contributed by atoms with Crippen LogP contribution < -0.4 is 21.1 Å². The summed E-state index contributed by atoms with van der Waals surface area (Å²) in [5.74, 6) is 0.289. The Bertz CT molecular complexity index is 1480. The number of fused-ring (bicyclic) bond motifs is 1. The number of nitrogens with zero attached hydrogens (tertiary/aromatic N) is 2. The number of hydrogen-bond acceptors (Lipinski definition) is 7. The molecule has 10 nitrogen and oxygen atoms in total. The second-order valence-corrected chi connectivity index (χ2v) is 12.6. The van der Waals surface area contributed by atoms with Crippen molar-refractivity contribution in [3.05, 3.63) is 83.9 Å². The van der Waals surface area contributed by atoms with Gasteiger partial charge in [-0.05, 0) is 62.7 Å². The Labute approximate surface area is 278 Å². The zero-order valence-electron chi connectivity index (χ0n) is 27.8. The lowest BCUT2D eigenvalue weighted by Gasteiger charge is -2.34. The quantitative estimate of drug-likeness (QED) is 0.142. The van der Waals surface area contributed by atoms with Crippen molar-refractivity contribution >= 4 is 34.8 Å². The molecule has 5 N–H and O–H groups in total. The average molecular weight is 644 g/mol. The molecule has 0 radical (unpaired) electrons. The molecule has 0 aliphatic carbocycles. The highest BCUT2D eigenvalue weighted by atomic mass is 16.5. The Kier molecular flexibility index (Phi) is 13.2. The first-order chi connectivity index (χ1) is 22.6. The van der Waals surface area contributed by atoms with Gasteiger partial charge in [0.15, 0.2) is 0 Å². The Morgan fingerprint density at radius 2 is 1.68 bits per heavy atom. The maximum absolute atomic E-state index is 13.5. The minimum Gasteiger partial charge on any atom is -0.488 e. The maximum atomic E-state index is 13.5. The first-order valence-electron chi connectivity index (χ1n) is 16.5. The van der Waals surface area contributed by atoms with Gasteiger partial charge in [-0.25, -0.2) is 0 Å². The van der Waals surface area contributed by atoms with Gasteiger partial charge in [0.05, 0.1) is 30.4 Å². The fraction of sp³-hybridized carbons (Fsp3) is 0.432. The molecule has 10 heteroatoms. The summed E-state index contributed by atoms with van der Waals surface area (Å²) in [7, 11) is 2.06. The van der Waals surface area contributed by atoms with Gasteiger partial charge in [-0.2, -0.15) is 0 Å². The van der Waals surface area contributed by atoms with E-state index in [4.69, 9.17) is 10.5 Å². The van der Waals surface area contributed by atoms with Crippen molar-refractivity contribution in [3.63, 3.8) is 0 Å². The van der Waals surface area contributed by atoms with E-state index in [9.17, 15) is 19.5 Å². The van der Waals surface area contributed by atoms with E-state index in [1.165, 1.54) is 5.56 Å². The number of para-hydroxylation sites is 2. The van der Waals surface area contributed by atoms with Crippen LogP contribution in [0.3, 0.4) is 0 Å². The van der Waals surface area contributed by atoms with E-state index < -0.39 is 0 Å². The number of benzene rings is 3. The zero-order valence-corrected chi connectivity index (χ0v) is 27.8. The van der Waals surface area contributed by atoms with E-state index in [1.807, 2.05) is 55.5 Å². The molecule has 1 heterocycles. The molecule has 0 spiro atoms. The third-order valence-corrected chi connectivity index (χ3v) is 8.53. The Morgan fingerprint density at radius 1 is 1.00 bits per heavy atom. The van der Waals surface area contributed by atoms with Gasteiger partial charge in [0, 0.05) is 49.6 Å². The van der Waals surface area contributed by atoms with Gasteiger partial charge in [-0.3, -0.25) is 19.3 Å². The lowest BCUT2D eigenvalue weighted by Crippen LogP contribution is -2.47. The average Bonchev–Trinajstić information content (AvgIpc) is 3.09. The van der Waals surface area contributed by atoms with E-state index >= 15 is 0 Å². The fourth-order valence-electron chi connectivity index (χ4n) is 5.79. The second-order valence-electron chi connectivity index (χ2n) is 12.6. The van der Waals surface area contributed by atoms with Crippen molar-refractivity contribution in [2.75, 3.05) is 43.1 Å². The lowest BCUT2D eigenvalue weighted by molar-refractivity contribution is -0.134. The van der Waals surface area contributed by atoms with E-state index in [0.29, 0.717) is 67.1 Å². The highest BCUT2D eigenvalue weighted by molar-refractivity contribution is 5.94. The maximum Gasteiger partial charge on any atom is 0.227 e. The summed E-state index contributed by atoms with van der Waals surface area (Å²) < 4.78 is 6.63. The topological polar surface area (TPSA) is 137 Å². The van der Waals surface area contributed by atoms with Crippen LogP contribution in [0.5, 0.6) is 5.75 Å². The summed E-state index contributed by atoms with van der Waals surface area (Å²) in [5.41, 5.74) is 9.51. The van der Waals surface area contributed by atoms with Gasteiger partial charge in [-0.15, -0.1) is 0 Å². The molecule has 0 bridgehead atoms. The van der Waals surface area contributed by atoms with Crippen LogP contribution in [0.4, 0.5) is 17.1 Å². The number of carbonyl (C=O) groups excluding carboxylic acids is 3. The van der Waals surface area contributed by atoms with Gasteiger partial charge in [0.2, 0.25) is 17.7 Å². The number of nitrogens with two attached hydrogens (primary N) is 1. The molecule has 1 aliphatic heterocycles. The van der Waals surface area contributed by atoms with Gasteiger partial charge in [0.25, 0.3) is 0 Å². The van der Waals surface area contributed by atoms with E-state index in [1.54, 1.807) is 17.0 Å². The van der Waals surface area contributed by atoms with Gasteiger partial charge in [0.1, 0.15) is 11.9 Å². The lowest BCUT2D eigenvalue weighted by atomic mass is 10.0. The first kappa shape index (κ1) is 35.4. The molecule has 47 heavy (non-hydrogen) atoms. The standard InChI is InChI=1S/C37H49N5O5/c1-26-22-42(27(2)25-43)37(46)21-29-20-30(18-19-33(29)47-34(26)24-41(3)23-28-12-6-4-7-13-28)39-35(44)16-8-5-9-17-36(45)40-32-15-11-10-14-31(32)38/h4,6-7,10-15,18-20,26-27,34,43H,5,8-9,16-17,21-25,38H2,1-3H3,(H,39,44)(H,40,45)/t26-,27+,34-/m0/s1. The van der Waals surface area contributed by atoms with Crippen LogP contribution in [0, 0.1) is 5.92 Å². The number of unbranched alkanes of at least 4 members (excludes halogenated alkanes) is 2. The van der Waals surface area contributed by atoms with Crippen LogP contribution in [0.25, 0.3) is 0 Å². The monoisotopic (exact) mass is 643 g/mol. The Morgan fingerprint density at radius 3 is 2.38 bits per heavy atom. The summed E-state index contributed by atoms with van der Waals surface area (Å²) in [4.78, 5) is 42.5. The summed E-state index contributed by atoms with van der Waals surface area (Å²) in [6.45, 7) is 5.67. The number of amides is 3. The van der Waals surface area contributed by atoms with Gasteiger partial charge < -0.3 is 31.1 Å². The predicted molar refractivity (Wildman–Crippen MR) is 186 cm³/mol. The molecule has 3 amide bonds. The molecule has 0 fully saturated rings. The van der Waals surface area contributed by atoms with Crippen molar-refractivity contribution in [2.45, 2.75) is 71.1 Å². The number of aliphatic hydroxyl groups excluding tert-OH is 1. The number of ether oxygens (including phenoxy) is 1. The number of carbonyl (C=O) groups is 3. The largest absolute Gasteiger partial charge is 0.488 e. The minimum atomic E-state index is -0.334. The van der Waals surface area contributed by atoms with Crippen LogP contribution in [0.1, 0.15) is 57.1 Å². The van der Waals surface area contributed by atoms with Crippen molar-refractivity contribution in [1.82, 2.24) is 9.80 Å². The number of nitrogens with one attached hydrogen (secondary N) is 2. The highest BCUT2D eigenvalue weighted by Crippen LogP contribution is 2.29. The molecule has 0 saturated carbocycles. The first-order valence-corrected chi connectivity index (χ1v) is 16.5. The molecule has 3 aromatic carbocycles. The summed E-state index contributed by atoms with van der Waals surface area (Å²) >= 11 is 0. The number of hydrogen-bond donors (Lipinski definition) is 4. The zero-order chi connectivity index (χ0) is 33.8. The molecule has 1 aliphatic rings. The van der Waals surface area contributed by atoms with Crippen molar-refractivity contribution < 1.29 is 24.2 Å². The molecule has 0 saturated heterocycles. The van der Waals surface area contributed by atoms with Crippen LogP contribution in [-0.4, -0.2) is 71.5 Å². The van der Waals surface area contributed by atoms with Crippen LogP contribution in [0.15, 0.2) is 72.8 Å². The molecule has 4 rings (SSSR count). The SMILES string of the molecule is C[C@H](CO)N1C[C@H](C)[C@H](CN(C)Cc2ccccc2)Oc2ccc(NC(=O)CCCCCC(=O)Nc3ccccc3N)cc2CC1=O. The molecule has 0 aromatic heterocycles. The number of nitrogen functional groups attached to an aromatic ring is 1. The van der Waals surface area contributed by atoms with Gasteiger partial charge >= 0.3 is 0 Å². The highest BCUT2D eigenvalue weighted by Gasteiger charge is 2.31. The summed E-state index contributed by atoms with van der Waals surface area (Å²) in [5, 5.41) is 15.7. The predicted octanol–water partition coefficient (Wildman–Crippen LogP) is 5.08. The van der Waals surface area contributed by atoms with Gasteiger partial charge in [-0.1, -0.05) is 55.8 Å². The van der Waals surface area contributed by atoms with Crippen LogP contribution in [-0.2, 0) is 27.3 Å². The number of anilines is 3. The molecular formula is C37H49N5O5. The summed E-state index contributed by atoms with van der Waals surface area (Å²) in [6.07, 6.45) is 2.58. The normalized spacial score (nSPS) is 17.1. The number of aliphatic hydroxyl groups is 1. The summed E-state index contributed by atoms with van der Waals surface area (Å²) in [6, 6.07) is 22.5. The van der Waals surface area contributed by atoms with E-state index in [-0.39, 0.29) is 48.8 Å². The van der Waals surface area contributed by atoms with Crippen molar-refractivity contribution in [2.24, 2.45) is 5.92 Å². The molecule has 3 aromatic rings. The second kappa shape index (κ2) is 17.5. The van der Waals surface area contributed by atoms with Crippen LogP contribution in [0.2, 0.25) is 0 Å². The third kappa shape index (κ3) is 10.8.